The van der Waals surface area contributed by atoms with Crippen molar-refractivity contribution in [2.45, 2.75) is 19.4 Å². The second-order valence-corrected chi connectivity index (χ2v) is 5.20. The van der Waals surface area contributed by atoms with Crippen molar-refractivity contribution in [2.24, 2.45) is 0 Å². The van der Waals surface area contributed by atoms with E-state index in [1.807, 2.05) is 6.07 Å². The van der Waals surface area contributed by atoms with Crippen LogP contribution in [-0.4, -0.2) is 18.6 Å². The third kappa shape index (κ3) is 4.49. The van der Waals surface area contributed by atoms with E-state index in [4.69, 9.17) is 16.3 Å². The average Bonchev–Trinajstić information content (AvgIpc) is 2.33. The van der Waals surface area contributed by atoms with Crippen LogP contribution in [0.5, 0.6) is 0 Å². The van der Waals surface area contributed by atoms with Crippen molar-refractivity contribution in [1.29, 1.82) is 0 Å². The van der Waals surface area contributed by atoms with E-state index in [9.17, 15) is 4.79 Å². The van der Waals surface area contributed by atoms with Gasteiger partial charge in [-0.25, -0.2) is 4.79 Å². The van der Waals surface area contributed by atoms with E-state index in [2.05, 4.69) is 34.5 Å². The minimum absolute atomic E-state index is 0.284. The van der Waals surface area contributed by atoms with E-state index in [-0.39, 0.29) is 5.97 Å². The number of nitrogens with one attached hydrogen (secondary N) is 1. The van der Waals surface area contributed by atoms with Crippen molar-refractivity contribution in [3.8, 4) is 0 Å². The molecule has 0 spiro atoms. The molecule has 0 aromatic heterocycles. The highest BCUT2D eigenvalue weighted by atomic mass is 127. The Morgan fingerprint density at radius 3 is 3.00 bits per heavy atom. The van der Waals surface area contributed by atoms with Gasteiger partial charge in [-0.1, -0.05) is 17.7 Å². The standard InChI is InChI=1S/C13H15ClINO2/c1-3-5-11(13(17)18-4-2)16-12-8-9(14)6-7-10(12)15/h3,6-8,11,16H,1,4-5H2,2H3. The van der Waals surface area contributed by atoms with Crippen LogP contribution in [0.3, 0.4) is 0 Å². The fourth-order valence-corrected chi connectivity index (χ4v) is 2.08. The maximum atomic E-state index is 11.8. The summed E-state index contributed by atoms with van der Waals surface area (Å²) in [6.45, 7) is 5.79. The van der Waals surface area contributed by atoms with Crippen molar-refractivity contribution < 1.29 is 9.53 Å². The van der Waals surface area contributed by atoms with Crippen LogP contribution in [0.1, 0.15) is 13.3 Å². The Balaban J connectivity index is 2.85. The van der Waals surface area contributed by atoms with Gasteiger partial charge in [-0.3, -0.25) is 0 Å². The van der Waals surface area contributed by atoms with E-state index < -0.39 is 6.04 Å². The summed E-state index contributed by atoms with van der Waals surface area (Å²) in [5.74, 6) is -0.284. The molecule has 0 fully saturated rings. The van der Waals surface area contributed by atoms with E-state index >= 15 is 0 Å². The van der Waals surface area contributed by atoms with Gasteiger partial charge in [0, 0.05) is 14.3 Å². The lowest BCUT2D eigenvalue weighted by Gasteiger charge is -2.18. The Hall–Kier alpha value is -0.750. The molecular formula is C13H15ClINO2. The molecule has 1 atom stereocenters. The monoisotopic (exact) mass is 379 g/mol. The quantitative estimate of drug-likeness (QED) is 0.463. The first kappa shape index (κ1) is 15.3. The minimum atomic E-state index is -0.436. The predicted molar refractivity (Wildman–Crippen MR) is 83.0 cm³/mol. The maximum Gasteiger partial charge on any atom is 0.328 e. The van der Waals surface area contributed by atoms with Crippen molar-refractivity contribution in [3.63, 3.8) is 0 Å². The predicted octanol–water partition coefficient (Wildman–Crippen LogP) is 3.86. The molecule has 1 unspecified atom stereocenters. The van der Waals surface area contributed by atoms with Gasteiger partial charge in [-0.2, -0.15) is 0 Å². The Bertz CT molecular complexity index is 437. The van der Waals surface area contributed by atoms with Gasteiger partial charge in [-0.05, 0) is 54.1 Å². The highest BCUT2D eigenvalue weighted by Crippen LogP contribution is 2.24. The van der Waals surface area contributed by atoms with Gasteiger partial charge in [0.15, 0.2) is 0 Å². The summed E-state index contributed by atoms with van der Waals surface area (Å²) in [6, 6.07) is 5.05. The van der Waals surface area contributed by atoms with Gasteiger partial charge < -0.3 is 10.1 Å². The number of hydrogen-bond donors (Lipinski definition) is 1. The summed E-state index contributed by atoms with van der Waals surface area (Å²) in [5.41, 5.74) is 0.822. The third-order valence-electron chi connectivity index (χ3n) is 2.23. The number of halogens is 2. The van der Waals surface area contributed by atoms with Crippen LogP contribution in [0.15, 0.2) is 30.9 Å². The van der Waals surface area contributed by atoms with Crippen LogP contribution in [-0.2, 0) is 9.53 Å². The Labute approximate surface area is 126 Å². The second-order valence-electron chi connectivity index (χ2n) is 3.60. The number of hydrogen-bond acceptors (Lipinski definition) is 3. The first-order valence-corrected chi connectivity index (χ1v) is 7.03. The van der Waals surface area contributed by atoms with Crippen molar-refractivity contribution in [1.82, 2.24) is 0 Å². The molecule has 3 nitrogen and oxygen atoms in total. The number of anilines is 1. The highest BCUT2D eigenvalue weighted by molar-refractivity contribution is 14.1. The van der Waals surface area contributed by atoms with Gasteiger partial charge in [-0.15, -0.1) is 6.58 Å². The first-order chi connectivity index (χ1) is 8.58. The molecule has 1 N–H and O–H groups in total. The van der Waals surface area contributed by atoms with Crippen LogP contribution in [0.4, 0.5) is 5.69 Å². The molecule has 0 aliphatic rings. The number of rotatable bonds is 6. The second kappa shape index (κ2) is 7.63. The Kier molecular flexibility index (Phi) is 6.49. The number of esters is 1. The molecule has 1 rings (SSSR count). The molecule has 0 amide bonds. The van der Waals surface area contributed by atoms with E-state index in [1.54, 1.807) is 25.1 Å². The Morgan fingerprint density at radius 1 is 1.67 bits per heavy atom. The normalized spacial score (nSPS) is 11.7. The lowest BCUT2D eigenvalue weighted by atomic mass is 10.2. The van der Waals surface area contributed by atoms with E-state index in [0.717, 1.165) is 9.26 Å². The van der Waals surface area contributed by atoms with Gasteiger partial charge in [0.05, 0.1) is 6.61 Å². The summed E-state index contributed by atoms with van der Waals surface area (Å²) in [7, 11) is 0. The molecule has 1 aromatic carbocycles. The van der Waals surface area contributed by atoms with Crippen LogP contribution in [0, 0.1) is 3.57 Å². The fourth-order valence-electron chi connectivity index (χ4n) is 1.42. The van der Waals surface area contributed by atoms with E-state index in [1.165, 1.54) is 0 Å². The molecule has 0 saturated carbocycles. The fraction of sp³-hybridized carbons (Fsp3) is 0.308. The zero-order chi connectivity index (χ0) is 13.5. The molecule has 1 aromatic rings. The largest absolute Gasteiger partial charge is 0.464 e. The van der Waals surface area contributed by atoms with Gasteiger partial charge in [0.2, 0.25) is 0 Å². The minimum Gasteiger partial charge on any atom is -0.464 e. The highest BCUT2D eigenvalue weighted by Gasteiger charge is 2.18. The van der Waals surface area contributed by atoms with Gasteiger partial charge in [0.1, 0.15) is 6.04 Å². The zero-order valence-corrected chi connectivity index (χ0v) is 13.0. The van der Waals surface area contributed by atoms with Crippen LogP contribution in [0.2, 0.25) is 5.02 Å². The molecule has 18 heavy (non-hydrogen) atoms. The molecular weight excluding hydrogens is 365 g/mol. The summed E-state index contributed by atoms with van der Waals surface area (Å²) >= 11 is 8.12. The smallest absolute Gasteiger partial charge is 0.328 e. The lowest BCUT2D eigenvalue weighted by Crippen LogP contribution is -2.31. The SMILES string of the molecule is C=CCC(Nc1cc(Cl)ccc1I)C(=O)OCC. The van der Waals surface area contributed by atoms with E-state index in [0.29, 0.717) is 18.1 Å². The topological polar surface area (TPSA) is 38.3 Å². The summed E-state index contributed by atoms with van der Waals surface area (Å²) in [4.78, 5) is 11.8. The molecule has 5 heteroatoms. The molecule has 0 radical (unpaired) electrons. The number of benzene rings is 1. The van der Waals surface area contributed by atoms with Crippen LogP contribution in [0.25, 0.3) is 0 Å². The summed E-state index contributed by atoms with van der Waals surface area (Å²) in [6.07, 6.45) is 2.19. The maximum absolute atomic E-state index is 11.8. The molecule has 0 aliphatic carbocycles. The van der Waals surface area contributed by atoms with Crippen molar-refractivity contribution in [2.75, 3.05) is 11.9 Å². The van der Waals surface area contributed by atoms with Crippen LogP contribution < -0.4 is 5.32 Å². The molecule has 98 valence electrons. The van der Waals surface area contributed by atoms with Crippen molar-refractivity contribution >= 4 is 45.8 Å². The van der Waals surface area contributed by atoms with Gasteiger partial charge in [0.25, 0.3) is 0 Å². The Morgan fingerprint density at radius 2 is 2.39 bits per heavy atom. The zero-order valence-electron chi connectivity index (χ0n) is 10.1. The lowest BCUT2D eigenvalue weighted by molar-refractivity contribution is -0.143. The molecule has 0 aliphatic heterocycles. The summed E-state index contributed by atoms with van der Waals surface area (Å²) < 4.78 is 6.01. The first-order valence-electron chi connectivity index (χ1n) is 5.57. The van der Waals surface area contributed by atoms with Crippen LogP contribution >= 0.6 is 34.2 Å². The number of carbonyl (C=O) groups excluding carboxylic acids is 1. The molecule has 0 saturated heterocycles. The molecule has 0 heterocycles. The van der Waals surface area contributed by atoms with Crippen molar-refractivity contribution in [3.05, 3.63) is 39.4 Å². The number of carbonyl (C=O) groups is 1. The van der Waals surface area contributed by atoms with Gasteiger partial charge >= 0.3 is 5.97 Å². The number of ether oxygens (including phenoxy) is 1. The summed E-state index contributed by atoms with van der Waals surface area (Å²) in [5, 5.41) is 3.76. The molecule has 0 bridgehead atoms. The third-order valence-corrected chi connectivity index (χ3v) is 3.41. The average molecular weight is 380 g/mol.